The Morgan fingerprint density at radius 1 is 1.35 bits per heavy atom. The highest BCUT2D eigenvalue weighted by Crippen LogP contribution is 2.17. The first-order valence-corrected chi connectivity index (χ1v) is 6.85. The van der Waals surface area contributed by atoms with E-state index < -0.39 is 0 Å². The van der Waals surface area contributed by atoms with Crippen LogP contribution in [0.5, 0.6) is 0 Å². The average molecular weight is 276 g/mol. The SMILES string of the molecule is COC(=O)N1CCCC(C(=O)NCc2ccccc2)C1. The minimum Gasteiger partial charge on any atom is -0.453 e. The van der Waals surface area contributed by atoms with E-state index in [-0.39, 0.29) is 17.9 Å². The molecule has 1 aliphatic heterocycles. The van der Waals surface area contributed by atoms with Gasteiger partial charge in [0.2, 0.25) is 5.91 Å². The minimum absolute atomic E-state index is 0.00227. The van der Waals surface area contributed by atoms with E-state index in [1.165, 1.54) is 7.11 Å². The molecule has 2 rings (SSSR count). The fourth-order valence-corrected chi connectivity index (χ4v) is 2.42. The molecule has 2 amide bonds. The van der Waals surface area contributed by atoms with Crippen LogP contribution in [0.25, 0.3) is 0 Å². The third kappa shape index (κ3) is 3.73. The maximum absolute atomic E-state index is 12.1. The summed E-state index contributed by atoms with van der Waals surface area (Å²) in [4.78, 5) is 25.2. The zero-order chi connectivity index (χ0) is 14.4. The molecule has 1 atom stereocenters. The number of benzene rings is 1. The van der Waals surface area contributed by atoms with Crippen LogP contribution in [0.4, 0.5) is 4.79 Å². The topological polar surface area (TPSA) is 58.6 Å². The summed E-state index contributed by atoms with van der Waals surface area (Å²) in [6.07, 6.45) is 1.29. The standard InChI is InChI=1S/C15H20N2O3/c1-20-15(19)17-9-5-8-13(11-17)14(18)16-10-12-6-3-2-4-7-12/h2-4,6-7,13H,5,8-11H2,1H3,(H,16,18). The van der Waals surface area contributed by atoms with Gasteiger partial charge in [-0.05, 0) is 18.4 Å². The van der Waals surface area contributed by atoms with Crippen molar-refractivity contribution in [1.29, 1.82) is 0 Å². The monoisotopic (exact) mass is 276 g/mol. The van der Waals surface area contributed by atoms with E-state index in [4.69, 9.17) is 4.74 Å². The van der Waals surface area contributed by atoms with Crippen LogP contribution in [0.1, 0.15) is 18.4 Å². The average Bonchev–Trinajstić information content (AvgIpc) is 2.53. The number of hydrogen-bond acceptors (Lipinski definition) is 3. The fourth-order valence-electron chi connectivity index (χ4n) is 2.42. The molecule has 1 aromatic rings. The van der Waals surface area contributed by atoms with Gasteiger partial charge in [0.15, 0.2) is 0 Å². The predicted molar refractivity (Wildman–Crippen MR) is 75.0 cm³/mol. The summed E-state index contributed by atoms with van der Waals surface area (Å²) < 4.78 is 4.70. The molecule has 0 radical (unpaired) electrons. The Morgan fingerprint density at radius 2 is 2.10 bits per heavy atom. The van der Waals surface area contributed by atoms with Crippen molar-refractivity contribution in [3.63, 3.8) is 0 Å². The summed E-state index contributed by atoms with van der Waals surface area (Å²) >= 11 is 0. The summed E-state index contributed by atoms with van der Waals surface area (Å²) in [5.41, 5.74) is 1.07. The van der Waals surface area contributed by atoms with Crippen molar-refractivity contribution >= 4 is 12.0 Å². The Kier molecular flexibility index (Phi) is 4.98. The van der Waals surface area contributed by atoms with Crippen LogP contribution in [0.3, 0.4) is 0 Å². The number of hydrogen-bond donors (Lipinski definition) is 1. The number of methoxy groups -OCH3 is 1. The maximum Gasteiger partial charge on any atom is 0.409 e. The minimum atomic E-state index is -0.356. The molecule has 5 heteroatoms. The number of nitrogens with zero attached hydrogens (tertiary/aromatic N) is 1. The molecule has 5 nitrogen and oxygen atoms in total. The second-order valence-electron chi connectivity index (χ2n) is 4.96. The molecule has 1 saturated heterocycles. The van der Waals surface area contributed by atoms with E-state index in [1.807, 2.05) is 30.3 Å². The van der Waals surface area contributed by atoms with Gasteiger partial charge in [0.05, 0.1) is 13.0 Å². The molecule has 0 saturated carbocycles. The molecule has 20 heavy (non-hydrogen) atoms. The molecule has 108 valence electrons. The molecule has 1 fully saturated rings. The van der Waals surface area contributed by atoms with Crippen LogP contribution in [0.2, 0.25) is 0 Å². The van der Waals surface area contributed by atoms with Crippen molar-refractivity contribution in [1.82, 2.24) is 10.2 Å². The first kappa shape index (κ1) is 14.4. The molecule has 1 unspecified atom stereocenters. The molecule has 0 bridgehead atoms. The Labute approximate surface area is 118 Å². The number of ether oxygens (including phenoxy) is 1. The summed E-state index contributed by atoms with van der Waals surface area (Å²) in [7, 11) is 1.36. The first-order chi connectivity index (χ1) is 9.70. The summed E-state index contributed by atoms with van der Waals surface area (Å²) in [5.74, 6) is -0.144. The second kappa shape index (κ2) is 6.93. The first-order valence-electron chi connectivity index (χ1n) is 6.85. The lowest BCUT2D eigenvalue weighted by Gasteiger charge is -2.30. The van der Waals surface area contributed by atoms with Gasteiger partial charge < -0.3 is 15.0 Å². The Balaban J connectivity index is 1.84. The van der Waals surface area contributed by atoms with Crippen LogP contribution in [-0.2, 0) is 16.1 Å². The van der Waals surface area contributed by atoms with Crippen molar-refractivity contribution in [2.45, 2.75) is 19.4 Å². The van der Waals surface area contributed by atoms with Gasteiger partial charge in [-0.15, -0.1) is 0 Å². The molecule has 0 spiro atoms. The zero-order valence-corrected chi connectivity index (χ0v) is 11.7. The Bertz CT molecular complexity index is 461. The molecule has 1 N–H and O–H groups in total. The number of nitrogens with one attached hydrogen (secondary N) is 1. The number of rotatable bonds is 3. The molecular weight excluding hydrogens is 256 g/mol. The highest BCUT2D eigenvalue weighted by atomic mass is 16.5. The second-order valence-corrected chi connectivity index (χ2v) is 4.96. The van der Waals surface area contributed by atoms with E-state index in [9.17, 15) is 9.59 Å². The van der Waals surface area contributed by atoms with Crippen molar-refractivity contribution < 1.29 is 14.3 Å². The van der Waals surface area contributed by atoms with Crippen LogP contribution in [-0.4, -0.2) is 37.1 Å². The van der Waals surface area contributed by atoms with Crippen molar-refractivity contribution in [2.75, 3.05) is 20.2 Å². The normalized spacial score (nSPS) is 18.4. The quantitative estimate of drug-likeness (QED) is 0.915. The van der Waals surface area contributed by atoms with E-state index in [0.29, 0.717) is 19.6 Å². The highest BCUT2D eigenvalue weighted by Gasteiger charge is 2.28. The largest absolute Gasteiger partial charge is 0.453 e. The summed E-state index contributed by atoms with van der Waals surface area (Å²) in [6, 6.07) is 9.78. The van der Waals surface area contributed by atoms with Gasteiger partial charge >= 0.3 is 6.09 Å². The van der Waals surface area contributed by atoms with Gasteiger partial charge in [0.1, 0.15) is 0 Å². The summed E-state index contributed by atoms with van der Waals surface area (Å²) in [5, 5.41) is 2.93. The van der Waals surface area contributed by atoms with Crippen LogP contribution >= 0.6 is 0 Å². The van der Waals surface area contributed by atoms with E-state index in [1.54, 1.807) is 4.90 Å². The highest BCUT2D eigenvalue weighted by molar-refractivity contribution is 5.80. The predicted octanol–water partition coefficient (Wildman–Crippen LogP) is 1.78. The number of carbonyl (C=O) groups is 2. The van der Waals surface area contributed by atoms with Gasteiger partial charge in [0.25, 0.3) is 0 Å². The maximum atomic E-state index is 12.1. The lowest BCUT2D eigenvalue weighted by atomic mass is 9.97. The van der Waals surface area contributed by atoms with E-state index in [2.05, 4.69) is 5.32 Å². The van der Waals surface area contributed by atoms with Crippen molar-refractivity contribution in [2.24, 2.45) is 5.92 Å². The Hall–Kier alpha value is -2.04. The third-order valence-electron chi connectivity index (χ3n) is 3.53. The van der Waals surface area contributed by atoms with E-state index >= 15 is 0 Å². The lowest BCUT2D eigenvalue weighted by molar-refractivity contribution is -0.126. The summed E-state index contributed by atoms with van der Waals surface area (Å²) in [6.45, 7) is 1.62. The van der Waals surface area contributed by atoms with Gasteiger partial charge in [-0.25, -0.2) is 4.79 Å². The molecular formula is C15H20N2O3. The van der Waals surface area contributed by atoms with Gasteiger partial charge in [-0.1, -0.05) is 30.3 Å². The smallest absolute Gasteiger partial charge is 0.409 e. The molecule has 0 aromatic heterocycles. The number of carbonyl (C=O) groups excluding carboxylic acids is 2. The van der Waals surface area contributed by atoms with Gasteiger partial charge in [-0.2, -0.15) is 0 Å². The van der Waals surface area contributed by atoms with Crippen molar-refractivity contribution in [3.05, 3.63) is 35.9 Å². The number of amides is 2. The van der Waals surface area contributed by atoms with Crippen LogP contribution in [0, 0.1) is 5.92 Å². The molecule has 0 aliphatic carbocycles. The number of likely N-dealkylation sites (tertiary alicyclic amines) is 1. The van der Waals surface area contributed by atoms with Crippen LogP contribution in [0.15, 0.2) is 30.3 Å². The van der Waals surface area contributed by atoms with Crippen LogP contribution < -0.4 is 5.32 Å². The molecule has 1 aliphatic rings. The lowest BCUT2D eigenvalue weighted by Crippen LogP contribution is -2.45. The fraction of sp³-hybridized carbons (Fsp3) is 0.467. The number of piperidine rings is 1. The zero-order valence-electron chi connectivity index (χ0n) is 11.7. The molecule has 1 aromatic carbocycles. The molecule has 1 heterocycles. The van der Waals surface area contributed by atoms with E-state index in [0.717, 1.165) is 18.4 Å². The van der Waals surface area contributed by atoms with Gasteiger partial charge in [0, 0.05) is 19.6 Å². The van der Waals surface area contributed by atoms with Gasteiger partial charge in [-0.3, -0.25) is 4.79 Å². The van der Waals surface area contributed by atoms with Crippen molar-refractivity contribution in [3.8, 4) is 0 Å². The Morgan fingerprint density at radius 3 is 2.80 bits per heavy atom. The third-order valence-corrected chi connectivity index (χ3v) is 3.53.